The second kappa shape index (κ2) is 10.8. The summed E-state index contributed by atoms with van der Waals surface area (Å²) in [5, 5.41) is 24.4. The maximum absolute atomic E-state index is 12.5. The molecule has 0 saturated heterocycles. The molecule has 10 nitrogen and oxygen atoms in total. The Balaban J connectivity index is 1.24. The molecule has 0 radical (unpaired) electrons. The standard InChI is InChI=1S/C27H27N7O3S2/c35-22-5-3-21(4-6-22)31-24-13-26(29-14-19(24)2-1-18-10-12-38-17-18)32-25-9-11-28-27(33-25)20-15-30-34(16-20)39(36,37)23-7-8-23/h9-17,21-23,35H,3-8H2,(H2,28,29,31,32,33). The van der Waals surface area contributed by atoms with Crippen LogP contribution >= 0.6 is 11.3 Å². The van der Waals surface area contributed by atoms with E-state index in [1.165, 1.54) is 12.4 Å². The van der Waals surface area contributed by atoms with Gasteiger partial charge >= 0.3 is 0 Å². The van der Waals surface area contributed by atoms with Crippen LogP contribution in [-0.2, 0) is 10.0 Å². The van der Waals surface area contributed by atoms with Crippen LogP contribution in [0.2, 0.25) is 0 Å². The third-order valence-corrected chi connectivity index (χ3v) is 9.48. The third kappa shape index (κ3) is 5.95. The fourth-order valence-electron chi connectivity index (χ4n) is 4.43. The molecular formula is C27H27N7O3S2. The van der Waals surface area contributed by atoms with Gasteiger partial charge in [-0.25, -0.2) is 23.4 Å². The molecule has 6 rings (SSSR count). The van der Waals surface area contributed by atoms with E-state index in [0.29, 0.717) is 35.9 Å². The summed E-state index contributed by atoms with van der Waals surface area (Å²) in [5.74, 6) is 7.87. The lowest BCUT2D eigenvalue weighted by molar-refractivity contribution is 0.126. The highest BCUT2D eigenvalue weighted by Gasteiger charge is 2.37. The summed E-state index contributed by atoms with van der Waals surface area (Å²) in [7, 11) is -3.46. The fourth-order valence-corrected chi connectivity index (χ4v) is 6.50. The molecule has 4 aromatic heterocycles. The average molecular weight is 562 g/mol. The minimum Gasteiger partial charge on any atom is -0.393 e. The van der Waals surface area contributed by atoms with E-state index in [1.54, 1.807) is 29.8 Å². The fraction of sp³-hybridized carbons (Fsp3) is 0.333. The predicted octanol–water partition coefficient (Wildman–Crippen LogP) is 4.00. The first-order valence-electron chi connectivity index (χ1n) is 12.8. The molecule has 4 aromatic rings. The number of thiophene rings is 1. The van der Waals surface area contributed by atoms with Gasteiger partial charge in [0, 0.05) is 35.4 Å². The molecule has 3 N–H and O–H groups in total. The Hall–Kier alpha value is -3.79. The summed E-state index contributed by atoms with van der Waals surface area (Å²) in [6.07, 6.45) is 10.6. The van der Waals surface area contributed by atoms with E-state index >= 15 is 0 Å². The van der Waals surface area contributed by atoms with Crippen LogP contribution in [0.4, 0.5) is 17.3 Å². The Bertz CT molecular complexity index is 1630. The van der Waals surface area contributed by atoms with Gasteiger partial charge in [-0.3, -0.25) is 0 Å². The Kier molecular flexibility index (Phi) is 7.03. The molecule has 39 heavy (non-hydrogen) atoms. The van der Waals surface area contributed by atoms with Crippen molar-refractivity contribution in [2.24, 2.45) is 0 Å². The molecule has 2 aliphatic carbocycles. The van der Waals surface area contributed by atoms with Crippen molar-refractivity contribution in [3.63, 3.8) is 0 Å². The van der Waals surface area contributed by atoms with Crippen molar-refractivity contribution < 1.29 is 13.5 Å². The zero-order valence-corrected chi connectivity index (χ0v) is 22.6. The van der Waals surface area contributed by atoms with Gasteiger partial charge in [0.15, 0.2) is 5.82 Å². The molecule has 0 atom stereocenters. The summed E-state index contributed by atoms with van der Waals surface area (Å²) >= 11 is 1.60. The molecule has 2 aliphatic rings. The molecule has 0 aromatic carbocycles. The number of aliphatic hydroxyl groups is 1. The number of hydrogen-bond acceptors (Lipinski definition) is 10. The lowest BCUT2D eigenvalue weighted by Crippen LogP contribution is -2.28. The summed E-state index contributed by atoms with van der Waals surface area (Å²) < 4.78 is 26.0. The van der Waals surface area contributed by atoms with Gasteiger partial charge in [0.25, 0.3) is 10.0 Å². The van der Waals surface area contributed by atoms with Gasteiger partial charge in [-0.2, -0.15) is 20.5 Å². The van der Waals surface area contributed by atoms with Crippen LogP contribution in [0.1, 0.15) is 49.7 Å². The van der Waals surface area contributed by atoms with E-state index in [9.17, 15) is 13.5 Å². The number of nitrogens with one attached hydrogen (secondary N) is 2. The highest BCUT2D eigenvalue weighted by molar-refractivity contribution is 7.90. The summed E-state index contributed by atoms with van der Waals surface area (Å²) in [6.45, 7) is 0. The van der Waals surface area contributed by atoms with Crippen LogP contribution in [0.25, 0.3) is 11.4 Å². The second-order valence-electron chi connectivity index (χ2n) is 9.76. The van der Waals surface area contributed by atoms with E-state index < -0.39 is 10.0 Å². The largest absolute Gasteiger partial charge is 0.393 e. The van der Waals surface area contributed by atoms with Crippen LogP contribution in [0.5, 0.6) is 0 Å². The van der Waals surface area contributed by atoms with E-state index in [-0.39, 0.29) is 17.4 Å². The quantitative estimate of drug-likeness (QED) is 0.286. The van der Waals surface area contributed by atoms with Gasteiger partial charge in [0.1, 0.15) is 11.6 Å². The molecule has 0 bridgehead atoms. The van der Waals surface area contributed by atoms with Gasteiger partial charge < -0.3 is 15.7 Å². The Labute approximate surface area is 230 Å². The summed E-state index contributed by atoms with van der Waals surface area (Å²) in [4.78, 5) is 13.4. The minimum absolute atomic E-state index is 0.233. The van der Waals surface area contributed by atoms with Crippen molar-refractivity contribution in [2.75, 3.05) is 10.6 Å². The van der Waals surface area contributed by atoms with E-state index in [0.717, 1.165) is 46.6 Å². The second-order valence-corrected chi connectivity index (χ2v) is 12.6. The lowest BCUT2D eigenvalue weighted by Gasteiger charge is -2.27. The predicted molar refractivity (Wildman–Crippen MR) is 150 cm³/mol. The zero-order chi connectivity index (χ0) is 26.8. The van der Waals surface area contributed by atoms with Crippen LogP contribution in [0.15, 0.2) is 53.7 Å². The molecule has 200 valence electrons. The molecule has 12 heteroatoms. The van der Waals surface area contributed by atoms with E-state index in [4.69, 9.17) is 0 Å². The molecule has 4 heterocycles. The van der Waals surface area contributed by atoms with Gasteiger partial charge in [0.05, 0.1) is 40.6 Å². The number of pyridine rings is 1. The van der Waals surface area contributed by atoms with Gasteiger partial charge in [-0.05, 0) is 56.0 Å². The normalized spacial score (nSPS) is 19.2. The third-order valence-electron chi connectivity index (χ3n) is 6.76. The SMILES string of the molecule is O=S(=O)(C1CC1)n1cc(-c2nccc(Nc3cc(NC4CCC(O)CC4)c(C#Cc4ccsc4)cn3)n2)cn1. The van der Waals surface area contributed by atoms with Crippen molar-refractivity contribution in [2.45, 2.75) is 55.9 Å². The number of rotatable bonds is 7. The van der Waals surface area contributed by atoms with Crippen molar-refractivity contribution >= 4 is 38.7 Å². The first-order chi connectivity index (χ1) is 18.9. The van der Waals surface area contributed by atoms with Crippen molar-refractivity contribution in [1.29, 1.82) is 0 Å². The van der Waals surface area contributed by atoms with E-state index in [2.05, 4.69) is 42.5 Å². The summed E-state index contributed by atoms with van der Waals surface area (Å²) in [5.41, 5.74) is 3.11. The maximum atomic E-state index is 12.5. The monoisotopic (exact) mass is 561 g/mol. The number of hydrogen-bond donors (Lipinski definition) is 3. The zero-order valence-electron chi connectivity index (χ0n) is 21.0. The lowest BCUT2D eigenvalue weighted by atomic mass is 9.93. The number of nitrogens with zero attached hydrogens (tertiary/aromatic N) is 5. The molecule has 0 spiro atoms. The number of aliphatic hydroxyl groups excluding tert-OH is 1. The van der Waals surface area contributed by atoms with Gasteiger partial charge in [-0.1, -0.05) is 11.8 Å². The molecule has 0 amide bonds. The molecule has 2 fully saturated rings. The Morgan fingerprint density at radius 1 is 1.03 bits per heavy atom. The van der Waals surface area contributed by atoms with Crippen LogP contribution in [-0.4, -0.2) is 55.1 Å². The average Bonchev–Trinajstić information content (AvgIpc) is 3.45. The van der Waals surface area contributed by atoms with E-state index in [1.807, 2.05) is 22.9 Å². The van der Waals surface area contributed by atoms with Crippen molar-refractivity contribution in [1.82, 2.24) is 24.1 Å². The smallest absolute Gasteiger partial charge is 0.256 e. The molecule has 0 unspecified atom stereocenters. The minimum atomic E-state index is -3.46. The first kappa shape index (κ1) is 25.5. The first-order valence-corrected chi connectivity index (χ1v) is 15.3. The molecule has 0 aliphatic heterocycles. The maximum Gasteiger partial charge on any atom is 0.256 e. The molecular weight excluding hydrogens is 534 g/mol. The number of aromatic nitrogens is 5. The van der Waals surface area contributed by atoms with Crippen LogP contribution < -0.4 is 10.6 Å². The Morgan fingerprint density at radius 3 is 2.64 bits per heavy atom. The van der Waals surface area contributed by atoms with Crippen molar-refractivity contribution in [3.05, 3.63) is 64.9 Å². The summed E-state index contributed by atoms with van der Waals surface area (Å²) in [6, 6.07) is 5.84. The molecule has 2 saturated carbocycles. The van der Waals surface area contributed by atoms with Gasteiger partial charge in [0.2, 0.25) is 0 Å². The van der Waals surface area contributed by atoms with Crippen LogP contribution in [0.3, 0.4) is 0 Å². The highest BCUT2D eigenvalue weighted by atomic mass is 32.2. The van der Waals surface area contributed by atoms with Gasteiger partial charge in [-0.15, -0.1) is 0 Å². The number of anilines is 3. The van der Waals surface area contributed by atoms with Crippen molar-refractivity contribution in [3.8, 4) is 23.2 Å². The topological polar surface area (TPSA) is 135 Å². The van der Waals surface area contributed by atoms with Crippen LogP contribution in [0, 0.1) is 11.8 Å². The Morgan fingerprint density at radius 2 is 1.87 bits per heavy atom. The highest BCUT2D eigenvalue weighted by Crippen LogP contribution is 2.30.